The summed E-state index contributed by atoms with van der Waals surface area (Å²) in [6.07, 6.45) is 5.16. The van der Waals surface area contributed by atoms with Gasteiger partial charge < -0.3 is 4.90 Å². The van der Waals surface area contributed by atoms with Crippen LogP contribution in [0.25, 0.3) is 0 Å². The van der Waals surface area contributed by atoms with Crippen LogP contribution in [0.15, 0.2) is 23.1 Å². The Morgan fingerprint density at radius 1 is 1.08 bits per heavy atom. The highest BCUT2D eigenvalue weighted by Gasteiger charge is 2.29. The van der Waals surface area contributed by atoms with Crippen LogP contribution in [0.2, 0.25) is 0 Å². The summed E-state index contributed by atoms with van der Waals surface area (Å²) in [5.41, 5.74) is 0. The fourth-order valence-electron chi connectivity index (χ4n) is 3.31. The lowest BCUT2D eigenvalue weighted by molar-refractivity contribution is -0.130. The zero-order valence-corrected chi connectivity index (χ0v) is 15.4. The van der Waals surface area contributed by atoms with Gasteiger partial charge in [0.15, 0.2) is 11.6 Å². The molecule has 1 aliphatic heterocycles. The minimum atomic E-state index is -3.87. The maximum absolute atomic E-state index is 13.2. The van der Waals surface area contributed by atoms with Gasteiger partial charge in [-0.25, -0.2) is 21.9 Å². The van der Waals surface area contributed by atoms with Gasteiger partial charge in [0.1, 0.15) is 0 Å². The van der Waals surface area contributed by atoms with E-state index in [1.54, 1.807) is 0 Å². The summed E-state index contributed by atoms with van der Waals surface area (Å²) in [6, 6.07) is 2.52. The largest absolute Gasteiger partial charge is 0.342 e. The average Bonchev–Trinajstić information content (AvgIpc) is 3.42. The predicted octanol–water partition coefficient (Wildman–Crippen LogP) is 2.67. The molecule has 1 amide bonds. The molecular weight excluding hydrogens is 362 g/mol. The Balaban J connectivity index is 1.49. The maximum Gasteiger partial charge on any atom is 0.240 e. The van der Waals surface area contributed by atoms with Crippen LogP contribution < -0.4 is 4.72 Å². The summed E-state index contributed by atoms with van der Waals surface area (Å²) in [5.74, 6) is -1.13. The Morgan fingerprint density at radius 2 is 1.85 bits per heavy atom. The van der Waals surface area contributed by atoms with E-state index in [4.69, 9.17) is 0 Å². The Hall–Kier alpha value is -1.54. The van der Waals surface area contributed by atoms with E-state index in [0.717, 1.165) is 38.1 Å². The highest BCUT2D eigenvalue weighted by atomic mass is 32.2. The third-order valence-corrected chi connectivity index (χ3v) is 6.61. The van der Waals surface area contributed by atoms with Gasteiger partial charge in [-0.05, 0) is 62.1 Å². The molecule has 1 aromatic carbocycles. The Morgan fingerprint density at radius 3 is 2.54 bits per heavy atom. The lowest BCUT2D eigenvalue weighted by Gasteiger charge is -2.20. The molecule has 3 rings (SSSR count). The average molecular weight is 386 g/mol. The van der Waals surface area contributed by atoms with Crippen molar-refractivity contribution >= 4 is 15.9 Å². The molecule has 26 heavy (non-hydrogen) atoms. The normalized spacial score (nSPS) is 21.7. The summed E-state index contributed by atoms with van der Waals surface area (Å²) in [4.78, 5) is 13.8. The molecule has 1 saturated heterocycles. The molecule has 0 bridgehead atoms. The highest BCUT2D eigenvalue weighted by Crippen LogP contribution is 2.31. The van der Waals surface area contributed by atoms with E-state index in [1.807, 2.05) is 4.90 Å². The van der Waals surface area contributed by atoms with E-state index >= 15 is 0 Å². The topological polar surface area (TPSA) is 66.5 Å². The summed E-state index contributed by atoms with van der Waals surface area (Å²) in [6.45, 7) is 1.80. The van der Waals surface area contributed by atoms with Gasteiger partial charge in [0.25, 0.3) is 0 Å². The first kappa shape index (κ1) is 19.2. The van der Waals surface area contributed by atoms with Crippen molar-refractivity contribution in [1.29, 1.82) is 0 Å². The number of hydrogen-bond donors (Lipinski definition) is 1. The number of benzene rings is 1. The fourth-order valence-corrected chi connectivity index (χ4v) is 4.37. The van der Waals surface area contributed by atoms with Crippen molar-refractivity contribution in [2.45, 2.75) is 43.4 Å². The van der Waals surface area contributed by atoms with Crippen molar-refractivity contribution in [3.8, 4) is 0 Å². The monoisotopic (exact) mass is 386 g/mol. The first-order chi connectivity index (χ1) is 12.3. The predicted molar refractivity (Wildman–Crippen MR) is 92.8 cm³/mol. The maximum atomic E-state index is 13.2. The number of hydrogen-bond acceptors (Lipinski definition) is 3. The summed E-state index contributed by atoms with van der Waals surface area (Å²) >= 11 is 0. The van der Waals surface area contributed by atoms with Crippen LogP contribution in [0.4, 0.5) is 8.78 Å². The molecule has 1 atom stereocenters. The highest BCUT2D eigenvalue weighted by molar-refractivity contribution is 7.89. The van der Waals surface area contributed by atoms with Gasteiger partial charge in [0, 0.05) is 26.1 Å². The molecule has 0 spiro atoms. The lowest BCUT2D eigenvalue weighted by atomic mass is 9.97. The second kappa shape index (κ2) is 8.00. The van der Waals surface area contributed by atoms with Crippen molar-refractivity contribution < 1.29 is 22.0 Å². The van der Waals surface area contributed by atoms with Crippen LogP contribution in [-0.4, -0.2) is 38.9 Å². The third-order valence-electron chi connectivity index (χ3n) is 5.15. The van der Waals surface area contributed by atoms with E-state index in [0.29, 0.717) is 24.8 Å². The molecule has 8 heteroatoms. The number of carbonyl (C=O) groups excluding carboxylic acids is 1. The molecular formula is C18H24F2N2O3S. The first-order valence-corrected chi connectivity index (χ1v) is 10.6. The molecule has 1 N–H and O–H groups in total. The van der Waals surface area contributed by atoms with Crippen LogP contribution in [0, 0.1) is 23.5 Å². The number of amides is 1. The molecule has 1 heterocycles. The van der Waals surface area contributed by atoms with Crippen LogP contribution in [-0.2, 0) is 14.8 Å². The van der Waals surface area contributed by atoms with Crippen molar-refractivity contribution in [2.75, 3.05) is 19.6 Å². The van der Waals surface area contributed by atoms with Crippen LogP contribution in [0.1, 0.15) is 38.5 Å². The number of halogens is 2. The van der Waals surface area contributed by atoms with E-state index in [2.05, 4.69) is 4.72 Å². The van der Waals surface area contributed by atoms with E-state index in [1.165, 1.54) is 12.8 Å². The van der Waals surface area contributed by atoms with Crippen molar-refractivity contribution in [3.05, 3.63) is 29.8 Å². The molecule has 1 aliphatic carbocycles. The molecule has 0 aromatic heterocycles. The Bertz CT molecular complexity index is 766. The molecule has 1 aromatic rings. The molecule has 5 nitrogen and oxygen atoms in total. The van der Waals surface area contributed by atoms with Gasteiger partial charge in [-0.3, -0.25) is 4.79 Å². The molecule has 0 radical (unpaired) electrons. The van der Waals surface area contributed by atoms with E-state index in [9.17, 15) is 22.0 Å². The Kier molecular flexibility index (Phi) is 5.92. The number of sulfonamides is 1. The van der Waals surface area contributed by atoms with Gasteiger partial charge in [0.05, 0.1) is 4.90 Å². The SMILES string of the molecule is O=C1CCC(CCNS(=O)(=O)c2ccc(F)c(F)c2)CCN1CC1CC1. The summed E-state index contributed by atoms with van der Waals surface area (Å²) < 4.78 is 53.0. The lowest BCUT2D eigenvalue weighted by Crippen LogP contribution is -2.32. The van der Waals surface area contributed by atoms with Gasteiger partial charge in [0.2, 0.25) is 15.9 Å². The van der Waals surface area contributed by atoms with Gasteiger partial charge in [-0.15, -0.1) is 0 Å². The number of nitrogens with one attached hydrogen (secondary N) is 1. The molecule has 1 unspecified atom stereocenters. The van der Waals surface area contributed by atoms with E-state index < -0.39 is 21.7 Å². The Labute approximate surface area is 152 Å². The van der Waals surface area contributed by atoms with Crippen molar-refractivity contribution in [2.24, 2.45) is 11.8 Å². The standard InChI is InChI=1S/C18H24F2N2O3S/c19-16-5-4-15(11-17(16)20)26(24,25)21-9-7-13-3-6-18(23)22(10-8-13)12-14-1-2-14/h4-5,11,13-14,21H,1-3,6-10,12H2. The zero-order valence-electron chi connectivity index (χ0n) is 14.6. The number of likely N-dealkylation sites (tertiary alicyclic amines) is 1. The number of rotatable bonds is 7. The van der Waals surface area contributed by atoms with Gasteiger partial charge in [-0.2, -0.15) is 0 Å². The van der Waals surface area contributed by atoms with Gasteiger partial charge in [-0.1, -0.05) is 0 Å². The fraction of sp³-hybridized carbons (Fsp3) is 0.611. The number of nitrogens with zero attached hydrogens (tertiary/aromatic N) is 1. The van der Waals surface area contributed by atoms with Crippen molar-refractivity contribution in [1.82, 2.24) is 9.62 Å². The van der Waals surface area contributed by atoms with E-state index in [-0.39, 0.29) is 23.3 Å². The molecule has 1 saturated carbocycles. The van der Waals surface area contributed by atoms with Crippen LogP contribution in [0.3, 0.4) is 0 Å². The summed E-state index contributed by atoms with van der Waals surface area (Å²) in [7, 11) is -3.87. The second-order valence-electron chi connectivity index (χ2n) is 7.24. The van der Waals surface area contributed by atoms with Crippen molar-refractivity contribution in [3.63, 3.8) is 0 Å². The quantitative estimate of drug-likeness (QED) is 0.784. The second-order valence-corrected chi connectivity index (χ2v) is 9.01. The van der Waals surface area contributed by atoms with Gasteiger partial charge >= 0.3 is 0 Å². The summed E-state index contributed by atoms with van der Waals surface area (Å²) in [5, 5.41) is 0. The van der Waals surface area contributed by atoms with Crippen LogP contribution in [0.5, 0.6) is 0 Å². The molecule has 2 fully saturated rings. The van der Waals surface area contributed by atoms with Crippen LogP contribution >= 0.6 is 0 Å². The molecule has 144 valence electrons. The number of carbonyl (C=O) groups is 1. The first-order valence-electron chi connectivity index (χ1n) is 9.07. The molecule has 2 aliphatic rings. The smallest absolute Gasteiger partial charge is 0.240 e. The zero-order chi connectivity index (χ0) is 18.7. The minimum Gasteiger partial charge on any atom is -0.342 e. The third kappa shape index (κ3) is 5.01. The minimum absolute atomic E-state index is 0.196.